The molecule has 0 aliphatic carbocycles. The largest absolute Gasteiger partial charge is 0.573 e. The second-order valence-electron chi connectivity index (χ2n) is 7.43. The summed E-state index contributed by atoms with van der Waals surface area (Å²) >= 11 is 0. The van der Waals surface area contributed by atoms with Crippen molar-refractivity contribution in [3.05, 3.63) is 59.7 Å². The van der Waals surface area contributed by atoms with Gasteiger partial charge in [-0.25, -0.2) is 14.1 Å². The number of carbonyl (C=O) groups excluding carboxylic acids is 1. The van der Waals surface area contributed by atoms with Crippen molar-refractivity contribution in [2.45, 2.75) is 25.8 Å². The number of pyridine rings is 1. The van der Waals surface area contributed by atoms with E-state index in [0.29, 0.717) is 33.5 Å². The summed E-state index contributed by atoms with van der Waals surface area (Å²) in [6.45, 7) is 4.76. The fourth-order valence-electron chi connectivity index (χ4n) is 3.77. The number of nitrogens with zero attached hydrogens (tertiary/aromatic N) is 4. The van der Waals surface area contributed by atoms with Crippen LogP contribution in [0.15, 0.2) is 42.9 Å². The number of benzene rings is 1. The van der Waals surface area contributed by atoms with Gasteiger partial charge in [0.05, 0.1) is 18.0 Å². The van der Waals surface area contributed by atoms with Crippen molar-refractivity contribution in [3.8, 4) is 11.4 Å². The number of amides is 1. The van der Waals surface area contributed by atoms with Crippen molar-refractivity contribution >= 4 is 16.9 Å². The van der Waals surface area contributed by atoms with Gasteiger partial charge < -0.3 is 14.7 Å². The summed E-state index contributed by atoms with van der Waals surface area (Å²) in [5, 5.41) is 15.0. The van der Waals surface area contributed by atoms with Crippen molar-refractivity contribution in [2.24, 2.45) is 0 Å². The van der Waals surface area contributed by atoms with E-state index in [0.717, 1.165) is 0 Å². The molecule has 3 aromatic rings. The Morgan fingerprint density at radius 1 is 1.31 bits per heavy atom. The minimum atomic E-state index is -4.81. The van der Waals surface area contributed by atoms with Gasteiger partial charge in [0.25, 0.3) is 5.91 Å². The number of aliphatic hydroxyl groups is 1. The van der Waals surface area contributed by atoms with Crippen LogP contribution in [0, 0.1) is 6.92 Å². The molecule has 168 valence electrons. The Hall–Kier alpha value is -3.47. The first kappa shape index (κ1) is 21.8. The summed E-state index contributed by atoms with van der Waals surface area (Å²) in [6.07, 6.45) is -3.31. The zero-order chi connectivity index (χ0) is 23.2. The number of aromatic nitrogens is 3. The third kappa shape index (κ3) is 3.91. The maximum atomic E-state index is 13.1. The van der Waals surface area contributed by atoms with Gasteiger partial charge in [0.15, 0.2) is 11.5 Å². The molecule has 2 aromatic heterocycles. The second kappa shape index (κ2) is 7.90. The summed E-state index contributed by atoms with van der Waals surface area (Å²) < 4.78 is 56.2. The highest BCUT2D eigenvalue weighted by Crippen LogP contribution is 2.35. The van der Waals surface area contributed by atoms with E-state index in [1.165, 1.54) is 34.0 Å². The Bertz CT molecular complexity index is 1220. The van der Waals surface area contributed by atoms with Gasteiger partial charge in [-0.05, 0) is 42.3 Å². The van der Waals surface area contributed by atoms with Crippen molar-refractivity contribution < 1.29 is 32.2 Å². The van der Waals surface area contributed by atoms with Gasteiger partial charge in [0.1, 0.15) is 5.75 Å². The molecule has 1 amide bonds. The Kier molecular flexibility index (Phi) is 5.37. The Balaban J connectivity index is 1.76. The van der Waals surface area contributed by atoms with Gasteiger partial charge >= 0.3 is 6.36 Å². The topological polar surface area (TPSA) is 80.5 Å². The van der Waals surface area contributed by atoms with Crippen molar-refractivity contribution in [1.29, 1.82) is 0 Å². The van der Waals surface area contributed by atoms with Gasteiger partial charge in [0, 0.05) is 30.6 Å². The number of aliphatic hydroxyl groups excluding tert-OH is 1. The summed E-state index contributed by atoms with van der Waals surface area (Å²) in [5.74, 6) is -2.43. The second-order valence-corrected chi connectivity index (χ2v) is 7.43. The van der Waals surface area contributed by atoms with Crippen LogP contribution in [0.4, 0.5) is 17.6 Å². The van der Waals surface area contributed by atoms with E-state index in [2.05, 4.69) is 21.4 Å². The average Bonchev–Trinajstić information content (AvgIpc) is 3.05. The lowest BCUT2D eigenvalue weighted by atomic mass is 9.93. The quantitative estimate of drug-likeness (QED) is 0.475. The normalized spacial score (nSPS) is 14.5. The summed E-state index contributed by atoms with van der Waals surface area (Å²) in [6, 6.07) is 5.48. The predicted molar refractivity (Wildman–Crippen MR) is 106 cm³/mol. The van der Waals surface area contributed by atoms with Crippen LogP contribution in [0.2, 0.25) is 0 Å². The number of hydrogen-bond donors (Lipinski definition) is 1. The molecule has 7 nitrogen and oxygen atoms in total. The van der Waals surface area contributed by atoms with Gasteiger partial charge in [0.2, 0.25) is 0 Å². The third-order valence-electron chi connectivity index (χ3n) is 5.27. The lowest BCUT2D eigenvalue weighted by Gasteiger charge is -2.38. The first-order chi connectivity index (χ1) is 15.1. The fourth-order valence-corrected chi connectivity index (χ4v) is 3.77. The molecular formula is C21H18F4N4O3. The van der Waals surface area contributed by atoms with Crippen LogP contribution in [-0.4, -0.2) is 50.1 Å². The van der Waals surface area contributed by atoms with Crippen molar-refractivity contribution in [3.63, 3.8) is 0 Å². The molecule has 32 heavy (non-hydrogen) atoms. The van der Waals surface area contributed by atoms with Gasteiger partial charge in [-0.1, -0.05) is 6.58 Å². The first-order valence-electron chi connectivity index (χ1n) is 9.57. The zero-order valence-electron chi connectivity index (χ0n) is 16.9. The van der Waals surface area contributed by atoms with Gasteiger partial charge in [-0.15, -0.1) is 13.2 Å². The highest BCUT2D eigenvalue weighted by atomic mass is 19.4. The van der Waals surface area contributed by atoms with Crippen LogP contribution in [0.5, 0.6) is 5.75 Å². The number of rotatable bonds is 5. The lowest BCUT2D eigenvalue weighted by Crippen LogP contribution is -2.48. The Morgan fingerprint density at radius 3 is 2.62 bits per heavy atom. The maximum absolute atomic E-state index is 13.1. The molecule has 1 aromatic carbocycles. The van der Waals surface area contributed by atoms with E-state index in [9.17, 15) is 27.5 Å². The van der Waals surface area contributed by atoms with E-state index in [4.69, 9.17) is 0 Å². The smallest absolute Gasteiger partial charge is 0.406 e. The molecule has 1 aliphatic heterocycles. The number of fused-ring (bicyclic) bond motifs is 1. The monoisotopic (exact) mass is 450 g/mol. The van der Waals surface area contributed by atoms with Crippen LogP contribution in [0.25, 0.3) is 16.7 Å². The molecule has 0 atom stereocenters. The highest BCUT2D eigenvalue weighted by Gasteiger charge is 2.37. The standard InChI is InChI=1S/C21H18F4N4O3/c1-11-7-15(32-21(23,24)25)3-4-16(11)29-19-17(13(10-30)5-6-26-19)18(27-29)14-8-28(9-14)20(31)12(2)22/h3-7,14,30H,2,8-10H2,1H3. The SMILES string of the molecule is C=C(F)C(=O)N1CC(c2nn(-c3ccc(OC(F)(F)F)cc3C)c3nccc(CO)c23)C1. The van der Waals surface area contributed by atoms with Crippen LogP contribution in [0.3, 0.4) is 0 Å². The summed E-state index contributed by atoms with van der Waals surface area (Å²) in [4.78, 5) is 17.4. The van der Waals surface area contributed by atoms with Crippen LogP contribution in [-0.2, 0) is 11.4 Å². The molecule has 1 fully saturated rings. The molecule has 0 unspecified atom stereocenters. The molecule has 0 bridgehead atoms. The predicted octanol–water partition coefficient (Wildman–Crippen LogP) is 3.53. The van der Waals surface area contributed by atoms with Crippen LogP contribution >= 0.6 is 0 Å². The van der Waals surface area contributed by atoms with E-state index >= 15 is 0 Å². The fraction of sp³-hybridized carbons (Fsp3) is 0.286. The lowest BCUT2D eigenvalue weighted by molar-refractivity contribution is -0.274. The Labute approximate surface area is 179 Å². The molecule has 3 heterocycles. The molecule has 1 saturated heterocycles. The van der Waals surface area contributed by atoms with E-state index in [1.807, 2.05) is 0 Å². The zero-order valence-corrected chi connectivity index (χ0v) is 16.9. The van der Waals surface area contributed by atoms with E-state index in [-0.39, 0.29) is 31.4 Å². The third-order valence-corrected chi connectivity index (χ3v) is 5.27. The van der Waals surface area contributed by atoms with Gasteiger partial charge in [-0.3, -0.25) is 4.79 Å². The maximum Gasteiger partial charge on any atom is 0.573 e. The van der Waals surface area contributed by atoms with E-state index < -0.39 is 18.1 Å². The molecule has 4 rings (SSSR count). The number of alkyl halides is 3. The molecule has 1 N–H and O–H groups in total. The molecule has 11 heteroatoms. The van der Waals surface area contributed by atoms with Crippen molar-refractivity contribution in [1.82, 2.24) is 19.7 Å². The number of carbonyl (C=O) groups is 1. The molecule has 0 spiro atoms. The number of ether oxygens (including phenoxy) is 1. The first-order valence-corrected chi connectivity index (χ1v) is 9.57. The van der Waals surface area contributed by atoms with Crippen LogP contribution in [0.1, 0.15) is 22.7 Å². The minimum absolute atomic E-state index is 0.213. The minimum Gasteiger partial charge on any atom is -0.406 e. The van der Waals surface area contributed by atoms with Crippen LogP contribution < -0.4 is 4.74 Å². The molecule has 0 saturated carbocycles. The highest BCUT2D eigenvalue weighted by molar-refractivity contribution is 5.92. The van der Waals surface area contributed by atoms with Crippen molar-refractivity contribution in [2.75, 3.05) is 13.1 Å². The molecular weight excluding hydrogens is 432 g/mol. The number of likely N-dealkylation sites (tertiary alicyclic amines) is 1. The average molecular weight is 450 g/mol. The molecule has 0 radical (unpaired) electrons. The molecule has 1 aliphatic rings. The van der Waals surface area contributed by atoms with E-state index in [1.54, 1.807) is 13.0 Å². The number of aryl methyl sites for hydroxylation is 1. The number of hydrogen-bond acceptors (Lipinski definition) is 5. The number of halogens is 4. The summed E-state index contributed by atoms with van der Waals surface area (Å²) in [5.41, 5.74) is 2.45. The Morgan fingerprint density at radius 2 is 2.03 bits per heavy atom. The van der Waals surface area contributed by atoms with Gasteiger partial charge in [-0.2, -0.15) is 5.10 Å². The summed E-state index contributed by atoms with van der Waals surface area (Å²) in [7, 11) is 0.